The summed E-state index contributed by atoms with van der Waals surface area (Å²) in [5.74, 6) is -1.96. The van der Waals surface area contributed by atoms with Gasteiger partial charge >= 0.3 is 5.97 Å². The van der Waals surface area contributed by atoms with E-state index < -0.39 is 27.9 Å². The smallest absolute Gasteiger partial charge is 0.322 e. The van der Waals surface area contributed by atoms with Crippen LogP contribution >= 0.6 is 11.6 Å². The number of carbonyl (C=O) groups is 2. The van der Waals surface area contributed by atoms with Crippen molar-refractivity contribution in [1.29, 1.82) is 0 Å². The monoisotopic (exact) mass is 376 g/mol. The molecule has 0 aliphatic carbocycles. The van der Waals surface area contributed by atoms with E-state index in [0.29, 0.717) is 6.42 Å². The number of amides is 1. The highest BCUT2D eigenvalue weighted by atomic mass is 35.5. The molecule has 2 N–H and O–H groups in total. The highest BCUT2D eigenvalue weighted by Gasteiger charge is 2.41. The quantitative estimate of drug-likeness (QED) is 0.790. The van der Waals surface area contributed by atoms with E-state index >= 15 is 0 Å². The summed E-state index contributed by atoms with van der Waals surface area (Å²) < 4.78 is 31.9. The van der Waals surface area contributed by atoms with Gasteiger partial charge in [0, 0.05) is 18.6 Å². The Kier molecular flexibility index (Phi) is 5.36. The summed E-state index contributed by atoms with van der Waals surface area (Å²) in [5.41, 5.74) is -0.0443. The van der Waals surface area contributed by atoms with E-state index in [2.05, 4.69) is 5.32 Å². The van der Waals surface area contributed by atoms with Crippen LogP contribution in [-0.2, 0) is 14.8 Å². The summed E-state index contributed by atoms with van der Waals surface area (Å²) in [6, 6.07) is 1.29. The predicted molar refractivity (Wildman–Crippen MR) is 85.9 cm³/mol. The maximum Gasteiger partial charge on any atom is 0.322 e. The number of rotatable bonds is 5. The minimum atomic E-state index is -4.20. The van der Waals surface area contributed by atoms with Crippen molar-refractivity contribution < 1.29 is 27.9 Å². The molecule has 1 aliphatic rings. The minimum Gasteiger partial charge on any atom is -0.494 e. The van der Waals surface area contributed by atoms with Gasteiger partial charge in [0.2, 0.25) is 10.0 Å². The van der Waals surface area contributed by atoms with Crippen LogP contribution in [0.15, 0.2) is 17.0 Å². The third kappa shape index (κ3) is 3.19. The Morgan fingerprint density at radius 2 is 2.08 bits per heavy atom. The number of sulfonamides is 1. The average Bonchev–Trinajstić information content (AvgIpc) is 3.04. The number of benzene rings is 1. The summed E-state index contributed by atoms with van der Waals surface area (Å²) in [6.45, 7) is 0.0737. The van der Waals surface area contributed by atoms with Gasteiger partial charge in [0.1, 0.15) is 10.9 Å². The second-order valence-electron chi connectivity index (χ2n) is 5.18. The zero-order valence-electron chi connectivity index (χ0n) is 13.1. The number of nitrogens with zero attached hydrogens (tertiary/aromatic N) is 1. The first-order valence-electron chi connectivity index (χ1n) is 7.08. The first kappa shape index (κ1) is 18.5. The fourth-order valence-corrected chi connectivity index (χ4v) is 4.81. The van der Waals surface area contributed by atoms with Crippen molar-refractivity contribution in [2.45, 2.75) is 23.8 Å². The molecule has 0 radical (unpaired) electrons. The molecule has 1 fully saturated rings. The van der Waals surface area contributed by atoms with Gasteiger partial charge in [-0.1, -0.05) is 11.6 Å². The lowest BCUT2D eigenvalue weighted by atomic mass is 10.2. The number of ether oxygens (including phenoxy) is 1. The van der Waals surface area contributed by atoms with E-state index in [1.54, 1.807) is 0 Å². The van der Waals surface area contributed by atoms with Gasteiger partial charge in [-0.05, 0) is 25.0 Å². The van der Waals surface area contributed by atoms with Gasteiger partial charge in [0.25, 0.3) is 5.91 Å². The number of methoxy groups -OCH3 is 1. The second kappa shape index (κ2) is 6.96. The van der Waals surface area contributed by atoms with Crippen LogP contribution in [0.3, 0.4) is 0 Å². The molecule has 0 aromatic heterocycles. The van der Waals surface area contributed by atoms with Gasteiger partial charge in [-0.2, -0.15) is 4.31 Å². The molecule has 0 bridgehead atoms. The molecule has 0 saturated carbocycles. The molecule has 8 nitrogen and oxygen atoms in total. The Morgan fingerprint density at radius 1 is 1.42 bits per heavy atom. The van der Waals surface area contributed by atoms with Crippen molar-refractivity contribution in [3.05, 3.63) is 22.7 Å². The number of nitrogens with one attached hydrogen (secondary N) is 1. The van der Waals surface area contributed by atoms with Gasteiger partial charge < -0.3 is 15.2 Å². The molecule has 1 saturated heterocycles. The van der Waals surface area contributed by atoms with Crippen LogP contribution in [0.1, 0.15) is 23.2 Å². The van der Waals surface area contributed by atoms with Crippen molar-refractivity contribution in [3.8, 4) is 5.75 Å². The zero-order valence-corrected chi connectivity index (χ0v) is 14.6. The van der Waals surface area contributed by atoms with Crippen molar-refractivity contribution >= 4 is 33.5 Å². The van der Waals surface area contributed by atoms with E-state index in [9.17, 15) is 23.1 Å². The third-order valence-electron chi connectivity index (χ3n) is 3.77. The Morgan fingerprint density at radius 3 is 2.62 bits per heavy atom. The normalized spacial score (nSPS) is 18.4. The fraction of sp³-hybridized carbons (Fsp3) is 0.429. The Bertz CT molecular complexity index is 780. The summed E-state index contributed by atoms with van der Waals surface area (Å²) in [6.07, 6.45) is 0.654. The van der Waals surface area contributed by atoms with Crippen LogP contribution in [0.4, 0.5) is 0 Å². The van der Waals surface area contributed by atoms with Crippen molar-refractivity contribution in [3.63, 3.8) is 0 Å². The van der Waals surface area contributed by atoms with Crippen LogP contribution in [-0.4, -0.2) is 56.5 Å². The lowest BCUT2D eigenvalue weighted by Gasteiger charge is -2.23. The fourth-order valence-electron chi connectivity index (χ4n) is 2.68. The molecule has 1 unspecified atom stereocenters. The predicted octanol–water partition coefficient (Wildman–Crippen LogP) is 0.946. The average molecular weight is 377 g/mol. The lowest BCUT2D eigenvalue weighted by molar-refractivity contribution is -0.140. The van der Waals surface area contributed by atoms with Crippen molar-refractivity contribution in [1.82, 2.24) is 9.62 Å². The highest BCUT2D eigenvalue weighted by Crippen LogP contribution is 2.36. The molecule has 0 spiro atoms. The zero-order chi connectivity index (χ0) is 18.1. The molecular weight excluding hydrogens is 360 g/mol. The Balaban J connectivity index is 2.64. The number of halogens is 1. The summed E-state index contributed by atoms with van der Waals surface area (Å²) in [5, 5.41) is 11.6. The molecule has 1 amide bonds. The van der Waals surface area contributed by atoms with E-state index in [0.717, 1.165) is 10.4 Å². The van der Waals surface area contributed by atoms with Gasteiger partial charge in [-0.3, -0.25) is 9.59 Å². The Labute approximate surface area is 144 Å². The minimum absolute atomic E-state index is 0.0269. The molecule has 1 heterocycles. The highest BCUT2D eigenvalue weighted by molar-refractivity contribution is 7.89. The molecule has 1 atom stereocenters. The maximum atomic E-state index is 12.9. The molecule has 132 valence electrons. The molecule has 1 aliphatic heterocycles. The SMILES string of the molecule is CNC(=O)c1cc(Cl)cc(S(=O)(=O)N2CCCC2C(=O)O)c1OC. The standard InChI is InChI=1S/C14H17ClN2O6S/c1-16-13(18)9-6-8(15)7-11(12(9)23-2)24(21,22)17-5-3-4-10(17)14(19)20/h6-7,10H,3-5H2,1-2H3,(H,16,18)(H,19,20). The number of carboxylic acid groups (broad SMARTS) is 1. The largest absolute Gasteiger partial charge is 0.494 e. The van der Waals surface area contributed by atoms with Crippen molar-refractivity contribution in [2.75, 3.05) is 20.7 Å². The van der Waals surface area contributed by atoms with Crippen LogP contribution in [0.25, 0.3) is 0 Å². The first-order chi connectivity index (χ1) is 11.2. The molecule has 2 rings (SSSR count). The van der Waals surface area contributed by atoms with E-state index in [1.165, 1.54) is 20.2 Å². The van der Waals surface area contributed by atoms with Gasteiger partial charge in [0.15, 0.2) is 5.75 Å². The molecule has 10 heteroatoms. The Hall–Kier alpha value is -1.84. The van der Waals surface area contributed by atoms with Crippen LogP contribution in [0.2, 0.25) is 5.02 Å². The van der Waals surface area contributed by atoms with Gasteiger partial charge in [0.05, 0.1) is 12.7 Å². The number of carbonyl (C=O) groups excluding carboxylic acids is 1. The lowest BCUT2D eigenvalue weighted by Crippen LogP contribution is -2.40. The third-order valence-corrected chi connectivity index (χ3v) is 5.90. The summed E-state index contributed by atoms with van der Waals surface area (Å²) in [4.78, 5) is 22.9. The number of carboxylic acids is 1. The number of hydrogen-bond acceptors (Lipinski definition) is 5. The van der Waals surface area contributed by atoms with Crippen LogP contribution < -0.4 is 10.1 Å². The van der Waals surface area contributed by atoms with Crippen LogP contribution in [0, 0.1) is 0 Å². The van der Waals surface area contributed by atoms with E-state index in [4.69, 9.17) is 16.3 Å². The summed E-state index contributed by atoms with van der Waals surface area (Å²) in [7, 11) is -1.58. The van der Waals surface area contributed by atoms with Crippen molar-refractivity contribution in [2.24, 2.45) is 0 Å². The van der Waals surface area contributed by atoms with Crippen LogP contribution in [0.5, 0.6) is 5.75 Å². The molecule has 1 aromatic rings. The summed E-state index contributed by atoms with van der Waals surface area (Å²) >= 11 is 5.96. The number of hydrogen-bond donors (Lipinski definition) is 2. The van der Waals surface area contributed by atoms with Gasteiger partial charge in [-0.25, -0.2) is 8.42 Å². The molecule has 1 aromatic carbocycles. The second-order valence-corrected chi connectivity index (χ2v) is 7.47. The maximum absolute atomic E-state index is 12.9. The van der Waals surface area contributed by atoms with E-state index in [-0.39, 0.29) is 34.2 Å². The number of aliphatic carboxylic acids is 1. The molecule has 24 heavy (non-hydrogen) atoms. The van der Waals surface area contributed by atoms with E-state index in [1.807, 2.05) is 0 Å². The van der Waals surface area contributed by atoms with Gasteiger partial charge in [-0.15, -0.1) is 0 Å². The first-order valence-corrected chi connectivity index (χ1v) is 8.90. The topological polar surface area (TPSA) is 113 Å². The molecular formula is C14H17ClN2O6S.